The Morgan fingerprint density at radius 3 is 2.50 bits per heavy atom. The standard InChI is InChI=1S/C19H33N3O2/c1-6-20-16(23)13-21-8-7-9-22(11-10-21)18(24)17-15(12-14(2)3)19(17,4)5/h12,15,17H,6-11,13H2,1-5H3,(H,20,23)/t15-,17+/m0/s1. The second-order valence-corrected chi connectivity index (χ2v) is 7.98. The summed E-state index contributed by atoms with van der Waals surface area (Å²) in [6, 6.07) is 0. The molecule has 2 fully saturated rings. The molecule has 1 aliphatic heterocycles. The summed E-state index contributed by atoms with van der Waals surface area (Å²) in [5, 5.41) is 2.84. The highest BCUT2D eigenvalue weighted by atomic mass is 16.2. The number of carbonyl (C=O) groups is 2. The molecule has 2 amide bonds. The van der Waals surface area contributed by atoms with Crippen LogP contribution in [-0.2, 0) is 9.59 Å². The third-order valence-corrected chi connectivity index (χ3v) is 5.33. The Morgan fingerprint density at radius 2 is 1.88 bits per heavy atom. The Labute approximate surface area is 146 Å². The lowest BCUT2D eigenvalue weighted by Crippen LogP contribution is -2.40. The van der Waals surface area contributed by atoms with Crippen molar-refractivity contribution in [2.24, 2.45) is 17.3 Å². The number of nitrogens with zero attached hydrogens (tertiary/aromatic N) is 2. The summed E-state index contributed by atoms with van der Waals surface area (Å²) in [4.78, 5) is 28.9. The van der Waals surface area contributed by atoms with Gasteiger partial charge in [-0.2, -0.15) is 0 Å². The average molecular weight is 335 g/mol. The number of hydrogen-bond acceptors (Lipinski definition) is 3. The zero-order valence-corrected chi connectivity index (χ0v) is 15.9. The van der Waals surface area contributed by atoms with Crippen molar-refractivity contribution in [1.82, 2.24) is 15.1 Å². The molecule has 0 bridgehead atoms. The van der Waals surface area contributed by atoms with Crippen molar-refractivity contribution in [3.8, 4) is 0 Å². The van der Waals surface area contributed by atoms with Gasteiger partial charge >= 0.3 is 0 Å². The third-order valence-electron chi connectivity index (χ3n) is 5.33. The highest BCUT2D eigenvalue weighted by Gasteiger charge is 2.61. The molecule has 1 saturated heterocycles. The van der Waals surface area contributed by atoms with E-state index in [4.69, 9.17) is 0 Å². The molecule has 0 radical (unpaired) electrons. The molecule has 2 aliphatic rings. The average Bonchev–Trinajstić information content (AvgIpc) is 3.09. The van der Waals surface area contributed by atoms with Gasteiger partial charge in [0.1, 0.15) is 0 Å². The zero-order valence-electron chi connectivity index (χ0n) is 15.9. The zero-order chi connectivity index (χ0) is 17.9. The first-order chi connectivity index (χ1) is 11.3. The third kappa shape index (κ3) is 4.38. The summed E-state index contributed by atoms with van der Waals surface area (Å²) < 4.78 is 0. The van der Waals surface area contributed by atoms with Gasteiger partial charge in [-0.25, -0.2) is 0 Å². The molecule has 0 spiro atoms. The van der Waals surface area contributed by atoms with E-state index in [0.717, 1.165) is 32.6 Å². The van der Waals surface area contributed by atoms with E-state index in [9.17, 15) is 9.59 Å². The normalized spacial score (nSPS) is 26.5. The fourth-order valence-corrected chi connectivity index (χ4v) is 3.82. The predicted octanol–water partition coefficient (Wildman–Crippen LogP) is 1.90. The first-order valence-electron chi connectivity index (χ1n) is 9.20. The van der Waals surface area contributed by atoms with E-state index in [1.807, 2.05) is 11.8 Å². The number of carbonyl (C=O) groups excluding carboxylic acids is 2. The van der Waals surface area contributed by atoms with E-state index in [-0.39, 0.29) is 17.2 Å². The van der Waals surface area contributed by atoms with Gasteiger partial charge in [0.05, 0.1) is 12.5 Å². The van der Waals surface area contributed by atoms with Crippen LogP contribution in [0.1, 0.15) is 41.0 Å². The number of rotatable bonds is 5. The fourth-order valence-electron chi connectivity index (χ4n) is 3.82. The van der Waals surface area contributed by atoms with Gasteiger partial charge in [-0.15, -0.1) is 0 Å². The van der Waals surface area contributed by atoms with Crippen molar-refractivity contribution < 1.29 is 9.59 Å². The van der Waals surface area contributed by atoms with Crippen molar-refractivity contribution in [3.63, 3.8) is 0 Å². The van der Waals surface area contributed by atoms with E-state index in [1.54, 1.807) is 0 Å². The minimum absolute atomic E-state index is 0.0708. The van der Waals surface area contributed by atoms with Crippen LogP contribution in [0.4, 0.5) is 0 Å². The summed E-state index contributed by atoms with van der Waals surface area (Å²) >= 11 is 0. The molecule has 2 rings (SSSR count). The Kier molecular flexibility index (Phi) is 6.07. The summed E-state index contributed by atoms with van der Waals surface area (Å²) in [6.07, 6.45) is 3.19. The van der Waals surface area contributed by atoms with Gasteiger partial charge in [-0.3, -0.25) is 14.5 Å². The van der Waals surface area contributed by atoms with Gasteiger partial charge in [0, 0.05) is 32.7 Å². The van der Waals surface area contributed by atoms with Crippen molar-refractivity contribution in [3.05, 3.63) is 11.6 Å². The highest BCUT2D eigenvalue weighted by molar-refractivity contribution is 5.84. The molecule has 5 heteroatoms. The lowest BCUT2D eigenvalue weighted by Gasteiger charge is -2.22. The van der Waals surface area contributed by atoms with Crippen LogP contribution in [0, 0.1) is 17.3 Å². The summed E-state index contributed by atoms with van der Waals surface area (Å²) in [6.45, 7) is 14.8. The minimum Gasteiger partial charge on any atom is -0.355 e. The molecule has 5 nitrogen and oxygen atoms in total. The summed E-state index contributed by atoms with van der Waals surface area (Å²) in [5.41, 5.74) is 1.36. The molecule has 1 N–H and O–H groups in total. The van der Waals surface area contributed by atoms with E-state index < -0.39 is 0 Å². The molecule has 0 aromatic carbocycles. The van der Waals surface area contributed by atoms with Crippen molar-refractivity contribution in [2.75, 3.05) is 39.3 Å². The van der Waals surface area contributed by atoms with Crippen LogP contribution in [-0.4, -0.2) is 60.9 Å². The lowest BCUT2D eigenvalue weighted by molar-refractivity contribution is -0.133. The quantitative estimate of drug-likeness (QED) is 0.781. The Bertz CT molecular complexity index is 509. The Balaban J connectivity index is 1.91. The van der Waals surface area contributed by atoms with Crippen LogP contribution < -0.4 is 5.32 Å². The largest absolute Gasteiger partial charge is 0.355 e. The van der Waals surface area contributed by atoms with E-state index in [2.05, 4.69) is 44.0 Å². The topological polar surface area (TPSA) is 52.7 Å². The maximum atomic E-state index is 13.0. The van der Waals surface area contributed by atoms with Crippen molar-refractivity contribution in [1.29, 1.82) is 0 Å². The Morgan fingerprint density at radius 1 is 1.17 bits per heavy atom. The van der Waals surface area contributed by atoms with Gasteiger partial charge in [-0.05, 0) is 38.5 Å². The van der Waals surface area contributed by atoms with Crippen LogP contribution in [0.5, 0.6) is 0 Å². The molecule has 24 heavy (non-hydrogen) atoms. The smallest absolute Gasteiger partial charge is 0.234 e. The lowest BCUT2D eigenvalue weighted by atomic mass is 10.1. The molecule has 0 aromatic rings. The van der Waals surface area contributed by atoms with Gasteiger partial charge in [0.15, 0.2) is 0 Å². The van der Waals surface area contributed by atoms with Gasteiger partial charge in [-0.1, -0.05) is 25.5 Å². The molecule has 2 atom stereocenters. The monoisotopic (exact) mass is 335 g/mol. The van der Waals surface area contributed by atoms with Crippen LogP contribution in [0.2, 0.25) is 0 Å². The number of allylic oxidation sites excluding steroid dienone is 2. The number of amides is 2. The molecule has 0 unspecified atom stereocenters. The number of hydrogen-bond donors (Lipinski definition) is 1. The summed E-state index contributed by atoms with van der Waals surface area (Å²) in [7, 11) is 0. The maximum Gasteiger partial charge on any atom is 0.234 e. The van der Waals surface area contributed by atoms with Gasteiger partial charge < -0.3 is 10.2 Å². The van der Waals surface area contributed by atoms with Crippen LogP contribution in [0.25, 0.3) is 0 Å². The molecule has 1 heterocycles. The number of likely N-dealkylation sites (N-methyl/N-ethyl adjacent to an activating group) is 1. The maximum absolute atomic E-state index is 13.0. The first kappa shape index (κ1) is 19.0. The second kappa shape index (κ2) is 7.68. The van der Waals surface area contributed by atoms with Gasteiger partial charge in [0.2, 0.25) is 11.8 Å². The highest BCUT2D eigenvalue weighted by Crippen LogP contribution is 2.60. The van der Waals surface area contributed by atoms with Crippen LogP contribution in [0.15, 0.2) is 11.6 Å². The summed E-state index contributed by atoms with van der Waals surface area (Å²) in [5.74, 6) is 0.846. The van der Waals surface area contributed by atoms with Gasteiger partial charge in [0.25, 0.3) is 0 Å². The fraction of sp³-hybridized carbons (Fsp3) is 0.789. The van der Waals surface area contributed by atoms with E-state index in [0.29, 0.717) is 24.9 Å². The van der Waals surface area contributed by atoms with Crippen LogP contribution in [0.3, 0.4) is 0 Å². The molecule has 1 saturated carbocycles. The second-order valence-electron chi connectivity index (χ2n) is 7.98. The minimum atomic E-state index is 0.0708. The molecular formula is C19H33N3O2. The predicted molar refractivity (Wildman–Crippen MR) is 96.5 cm³/mol. The first-order valence-corrected chi connectivity index (χ1v) is 9.20. The Hall–Kier alpha value is -1.36. The molecular weight excluding hydrogens is 302 g/mol. The SMILES string of the molecule is CCNC(=O)CN1CCCN(C(=O)[C@H]2[C@H](C=C(C)C)C2(C)C)CC1. The molecule has 0 aromatic heterocycles. The van der Waals surface area contributed by atoms with Crippen LogP contribution >= 0.6 is 0 Å². The molecule has 1 aliphatic carbocycles. The number of nitrogens with one attached hydrogen (secondary N) is 1. The van der Waals surface area contributed by atoms with Crippen molar-refractivity contribution >= 4 is 11.8 Å². The van der Waals surface area contributed by atoms with E-state index in [1.165, 1.54) is 5.57 Å². The van der Waals surface area contributed by atoms with E-state index >= 15 is 0 Å². The van der Waals surface area contributed by atoms with Crippen molar-refractivity contribution in [2.45, 2.75) is 41.0 Å². The molecule has 136 valence electrons.